The van der Waals surface area contributed by atoms with Crippen molar-refractivity contribution in [3.05, 3.63) is 70.6 Å². The van der Waals surface area contributed by atoms with E-state index in [0.29, 0.717) is 22.3 Å². The Balaban J connectivity index is 1.50. The zero-order valence-corrected chi connectivity index (χ0v) is 14.6. The number of rotatable bonds is 3. The number of para-hydroxylation sites is 1. The van der Waals surface area contributed by atoms with Crippen LogP contribution < -0.4 is 10.6 Å². The predicted molar refractivity (Wildman–Crippen MR) is 99.3 cm³/mol. The van der Waals surface area contributed by atoms with Crippen molar-refractivity contribution >= 4 is 34.9 Å². The number of hydrogen-bond acceptors (Lipinski definition) is 2. The number of hydrogen-bond donors (Lipinski definition) is 2. The normalized spacial score (nSPS) is 14.7. The molecule has 0 radical (unpaired) electrons. The molecule has 1 aliphatic rings. The third-order valence-electron chi connectivity index (χ3n) is 4.25. The number of imidazole rings is 1. The lowest BCUT2D eigenvalue weighted by molar-refractivity contribution is 0.251. The molecular formula is C18H14Cl2N4O. The van der Waals surface area contributed by atoms with Crippen molar-refractivity contribution in [2.45, 2.75) is 6.04 Å². The fourth-order valence-corrected chi connectivity index (χ4v) is 3.60. The molecule has 126 valence electrons. The Morgan fingerprint density at radius 1 is 1.12 bits per heavy atom. The van der Waals surface area contributed by atoms with Crippen LogP contribution >= 0.6 is 23.2 Å². The Morgan fingerprint density at radius 3 is 2.68 bits per heavy atom. The minimum Gasteiger partial charge on any atom is -0.335 e. The van der Waals surface area contributed by atoms with Crippen molar-refractivity contribution in [1.82, 2.24) is 14.9 Å². The number of carbonyl (C=O) groups excluding carboxylic acids is 1. The van der Waals surface area contributed by atoms with Gasteiger partial charge in [-0.25, -0.2) is 9.78 Å². The molecule has 25 heavy (non-hydrogen) atoms. The lowest BCUT2D eigenvalue weighted by atomic mass is 10.0. The smallest absolute Gasteiger partial charge is 0.319 e. The molecule has 2 aromatic carbocycles. The van der Waals surface area contributed by atoms with Crippen LogP contribution in [-0.2, 0) is 0 Å². The van der Waals surface area contributed by atoms with Gasteiger partial charge in [0.05, 0.1) is 40.0 Å². The summed E-state index contributed by atoms with van der Waals surface area (Å²) in [5.74, 6) is 0. The maximum absolute atomic E-state index is 12.3. The maximum atomic E-state index is 12.3. The van der Waals surface area contributed by atoms with E-state index in [-0.39, 0.29) is 12.1 Å². The van der Waals surface area contributed by atoms with Crippen LogP contribution in [0.5, 0.6) is 0 Å². The zero-order valence-electron chi connectivity index (χ0n) is 13.0. The van der Waals surface area contributed by atoms with Gasteiger partial charge in [0.1, 0.15) is 0 Å². The molecule has 7 heteroatoms. The number of carbonyl (C=O) groups is 1. The summed E-state index contributed by atoms with van der Waals surface area (Å²) < 4.78 is 2.06. The quantitative estimate of drug-likeness (QED) is 0.706. The Bertz CT molecular complexity index is 934. The van der Waals surface area contributed by atoms with Gasteiger partial charge >= 0.3 is 6.03 Å². The molecule has 0 bridgehead atoms. The molecule has 2 heterocycles. The first-order chi connectivity index (χ1) is 12.1. The van der Waals surface area contributed by atoms with Gasteiger partial charge in [0.2, 0.25) is 0 Å². The van der Waals surface area contributed by atoms with Crippen LogP contribution in [0.2, 0.25) is 10.0 Å². The van der Waals surface area contributed by atoms with E-state index in [1.165, 1.54) is 0 Å². The minimum absolute atomic E-state index is 0.00108. The SMILES string of the molecule is O=C(NCC1c2ccccc2-c2cncn21)Nc1c(Cl)cccc1Cl. The Morgan fingerprint density at radius 2 is 1.88 bits per heavy atom. The van der Waals surface area contributed by atoms with E-state index in [0.717, 1.165) is 16.8 Å². The maximum Gasteiger partial charge on any atom is 0.319 e. The molecule has 3 aromatic rings. The van der Waals surface area contributed by atoms with E-state index < -0.39 is 0 Å². The number of nitrogens with zero attached hydrogens (tertiary/aromatic N) is 2. The molecule has 0 saturated heterocycles. The Labute approximate surface area is 154 Å². The van der Waals surface area contributed by atoms with Crippen molar-refractivity contribution in [3.63, 3.8) is 0 Å². The summed E-state index contributed by atoms with van der Waals surface area (Å²) in [7, 11) is 0. The van der Waals surface area contributed by atoms with Gasteiger partial charge in [-0.2, -0.15) is 0 Å². The molecule has 2 amide bonds. The van der Waals surface area contributed by atoms with Crippen LogP contribution in [0.4, 0.5) is 10.5 Å². The molecule has 0 aliphatic carbocycles. The van der Waals surface area contributed by atoms with Crippen LogP contribution in [0.1, 0.15) is 11.6 Å². The number of anilines is 1. The highest BCUT2D eigenvalue weighted by molar-refractivity contribution is 6.39. The van der Waals surface area contributed by atoms with Gasteiger partial charge in [0, 0.05) is 12.1 Å². The zero-order chi connectivity index (χ0) is 17.4. The summed E-state index contributed by atoms with van der Waals surface area (Å²) in [6, 6.07) is 12.8. The second-order valence-corrected chi connectivity index (χ2v) is 6.54. The highest BCUT2D eigenvalue weighted by Gasteiger charge is 2.28. The van der Waals surface area contributed by atoms with Gasteiger partial charge < -0.3 is 15.2 Å². The number of benzene rings is 2. The van der Waals surface area contributed by atoms with Crippen LogP contribution in [0.15, 0.2) is 55.0 Å². The van der Waals surface area contributed by atoms with Gasteiger partial charge in [0.25, 0.3) is 0 Å². The van der Waals surface area contributed by atoms with E-state index in [4.69, 9.17) is 23.2 Å². The summed E-state index contributed by atoms with van der Waals surface area (Å²) in [6.45, 7) is 0.425. The third-order valence-corrected chi connectivity index (χ3v) is 4.88. The highest BCUT2D eigenvalue weighted by atomic mass is 35.5. The molecule has 0 saturated carbocycles. The summed E-state index contributed by atoms with van der Waals surface area (Å²) in [6.07, 6.45) is 3.62. The van der Waals surface area contributed by atoms with E-state index >= 15 is 0 Å². The third kappa shape index (κ3) is 2.86. The highest BCUT2D eigenvalue weighted by Crippen LogP contribution is 2.38. The minimum atomic E-state index is -0.360. The lowest BCUT2D eigenvalue weighted by Gasteiger charge is -2.16. The first kappa shape index (κ1) is 16.0. The van der Waals surface area contributed by atoms with Crippen molar-refractivity contribution in [3.8, 4) is 11.3 Å². The van der Waals surface area contributed by atoms with Crippen molar-refractivity contribution in [2.24, 2.45) is 0 Å². The van der Waals surface area contributed by atoms with Gasteiger partial charge in [0.15, 0.2) is 0 Å². The largest absolute Gasteiger partial charge is 0.335 e. The monoisotopic (exact) mass is 372 g/mol. The Kier molecular flexibility index (Phi) is 4.11. The predicted octanol–water partition coefficient (Wildman–Crippen LogP) is 4.58. The van der Waals surface area contributed by atoms with Crippen LogP contribution in [0.3, 0.4) is 0 Å². The number of halogens is 2. The Hall–Kier alpha value is -2.50. The average Bonchev–Trinajstić information content (AvgIpc) is 3.18. The second-order valence-electron chi connectivity index (χ2n) is 5.72. The first-order valence-corrected chi connectivity index (χ1v) is 8.50. The summed E-state index contributed by atoms with van der Waals surface area (Å²) >= 11 is 12.2. The fraction of sp³-hybridized carbons (Fsp3) is 0.111. The molecule has 0 spiro atoms. The molecule has 4 rings (SSSR count). The number of fused-ring (bicyclic) bond motifs is 3. The van der Waals surface area contributed by atoms with Gasteiger partial charge in [-0.3, -0.25) is 0 Å². The first-order valence-electron chi connectivity index (χ1n) is 7.75. The standard InChI is InChI=1S/C18H14Cl2N4O/c19-13-6-3-7-14(20)17(13)23-18(25)22-9-16-12-5-2-1-4-11(12)15-8-21-10-24(15)16/h1-8,10,16H,9H2,(H2,22,23,25). The molecule has 1 aliphatic heterocycles. The summed E-state index contributed by atoms with van der Waals surface area (Å²) in [5.41, 5.74) is 3.76. The molecule has 1 aromatic heterocycles. The van der Waals surface area contributed by atoms with E-state index in [1.54, 1.807) is 24.5 Å². The second kappa shape index (κ2) is 6.43. The number of aromatic nitrogens is 2. The van der Waals surface area contributed by atoms with Crippen LogP contribution in [0.25, 0.3) is 11.3 Å². The number of urea groups is 1. The summed E-state index contributed by atoms with van der Waals surface area (Å²) in [4.78, 5) is 16.5. The fourth-order valence-electron chi connectivity index (χ4n) is 3.10. The number of amides is 2. The van der Waals surface area contributed by atoms with Crippen LogP contribution in [-0.4, -0.2) is 22.1 Å². The number of nitrogens with one attached hydrogen (secondary N) is 2. The van der Waals surface area contributed by atoms with Crippen molar-refractivity contribution < 1.29 is 4.79 Å². The van der Waals surface area contributed by atoms with Gasteiger partial charge in [-0.05, 0) is 17.7 Å². The van der Waals surface area contributed by atoms with Crippen LogP contribution in [0, 0.1) is 0 Å². The van der Waals surface area contributed by atoms with Crippen molar-refractivity contribution in [1.29, 1.82) is 0 Å². The average molecular weight is 373 g/mol. The van der Waals surface area contributed by atoms with Crippen molar-refractivity contribution in [2.75, 3.05) is 11.9 Å². The van der Waals surface area contributed by atoms with Gasteiger partial charge in [-0.1, -0.05) is 53.5 Å². The molecule has 5 nitrogen and oxygen atoms in total. The topological polar surface area (TPSA) is 59.0 Å². The molecule has 0 fully saturated rings. The molecule has 1 atom stereocenters. The van der Waals surface area contributed by atoms with E-state index in [9.17, 15) is 4.79 Å². The van der Waals surface area contributed by atoms with E-state index in [1.807, 2.05) is 18.3 Å². The molecule has 2 N–H and O–H groups in total. The lowest BCUT2D eigenvalue weighted by Crippen LogP contribution is -2.33. The summed E-state index contributed by atoms with van der Waals surface area (Å²) in [5, 5.41) is 6.38. The van der Waals surface area contributed by atoms with E-state index in [2.05, 4.69) is 32.3 Å². The van der Waals surface area contributed by atoms with Gasteiger partial charge in [-0.15, -0.1) is 0 Å². The molecule has 1 unspecified atom stereocenters. The molecular weight excluding hydrogens is 359 g/mol.